The number of likely N-dealkylation sites (N-methyl/N-ethyl adjacent to an activating group) is 1. The van der Waals surface area contributed by atoms with Crippen molar-refractivity contribution in [1.82, 2.24) is 5.32 Å². The van der Waals surface area contributed by atoms with E-state index in [9.17, 15) is 0 Å². The summed E-state index contributed by atoms with van der Waals surface area (Å²) >= 11 is 9.68. The minimum Gasteiger partial charge on any atom is -0.496 e. The standard InChI is InChI=1S/C17H19BrClNO/c1-3-20-16(10-12-5-4-6-13(18)9-12)15-11-14(19)7-8-17(15)21-2/h4-9,11,16,20H,3,10H2,1-2H3. The second-order valence-electron chi connectivity index (χ2n) is 4.83. The van der Waals surface area contributed by atoms with E-state index in [-0.39, 0.29) is 6.04 Å². The lowest BCUT2D eigenvalue weighted by molar-refractivity contribution is 0.399. The van der Waals surface area contributed by atoms with Gasteiger partial charge in [0.2, 0.25) is 0 Å². The van der Waals surface area contributed by atoms with Crippen molar-refractivity contribution in [3.05, 3.63) is 63.1 Å². The summed E-state index contributed by atoms with van der Waals surface area (Å²) in [7, 11) is 1.69. The van der Waals surface area contributed by atoms with Gasteiger partial charge in [0.15, 0.2) is 0 Å². The summed E-state index contributed by atoms with van der Waals surface area (Å²) in [4.78, 5) is 0. The number of benzene rings is 2. The highest BCUT2D eigenvalue weighted by Gasteiger charge is 2.16. The Morgan fingerprint density at radius 2 is 2.05 bits per heavy atom. The number of nitrogens with one attached hydrogen (secondary N) is 1. The molecule has 4 heteroatoms. The topological polar surface area (TPSA) is 21.3 Å². The summed E-state index contributed by atoms with van der Waals surface area (Å²) in [5.41, 5.74) is 2.35. The van der Waals surface area contributed by atoms with Gasteiger partial charge in [-0.05, 0) is 48.9 Å². The van der Waals surface area contributed by atoms with E-state index < -0.39 is 0 Å². The van der Waals surface area contributed by atoms with Crippen LogP contribution in [0.4, 0.5) is 0 Å². The first-order valence-electron chi connectivity index (χ1n) is 6.95. The smallest absolute Gasteiger partial charge is 0.123 e. The van der Waals surface area contributed by atoms with Crippen molar-refractivity contribution in [3.8, 4) is 5.75 Å². The molecule has 0 aromatic heterocycles. The van der Waals surface area contributed by atoms with Crippen LogP contribution in [0.15, 0.2) is 46.9 Å². The fourth-order valence-electron chi connectivity index (χ4n) is 2.42. The maximum absolute atomic E-state index is 6.16. The van der Waals surface area contributed by atoms with Crippen molar-refractivity contribution in [2.24, 2.45) is 0 Å². The molecule has 0 bridgehead atoms. The number of hydrogen-bond acceptors (Lipinski definition) is 2. The van der Waals surface area contributed by atoms with Gasteiger partial charge in [-0.1, -0.05) is 46.6 Å². The third-order valence-electron chi connectivity index (χ3n) is 3.35. The molecular formula is C17H19BrClNO. The first kappa shape index (κ1) is 16.3. The lowest BCUT2D eigenvalue weighted by Crippen LogP contribution is -2.23. The molecule has 0 saturated carbocycles. The van der Waals surface area contributed by atoms with Crippen LogP contribution in [0.25, 0.3) is 0 Å². The molecular weight excluding hydrogens is 350 g/mol. The molecule has 0 heterocycles. The number of rotatable bonds is 6. The lowest BCUT2D eigenvalue weighted by atomic mass is 9.98. The highest BCUT2D eigenvalue weighted by Crippen LogP contribution is 2.30. The Morgan fingerprint density at radius 3 is 2.71 bits per heavy atom. The molecule has 0 aliphatic rings. The fraction of sp³-hybridized carbons (Fsp3) is 0.294. The predicted octanol–water partition coefficient (Wildman–Crippen LogP) is 5.00. The zero-order valence-electron chi connectivity index (χ0n) is 12.2. The normalized spacial score (nSPS) is 12.2. The summed E-state index contributed by atoms with van der Waals surface area (Å²) in [6, 6.07) is 14.3. The zero-order chi connectivity index (χ0) is 15.2. The van der Waals surface area contributed by atoms with E-state index in [4.69, 9.17) is 16.3 Å². The van der Waals surface area contributed by atoms with E-state index >= 15 is 0 Å². The molecule has 0 spiro atoms. The number of halogens is 2. The Hall–Kier alpha value is -1.03. The van der Waals surface area contributed by atoms with Gasteiger partial charge in [0.1, 0.15) is 5.75 Å². The molecule has 1 atom stereocenters. The van der Waals surface area contributed by atoms with Gasteiger partial charge in [0.25, 0.3) is 0 Å². The largest absolute Gasteiger partial charge is 0.496 e. The Balaban J connectivity index is 2.32. The van der Waals surface area contributed by atoms with Crippen LogP contribution in [-0.4, -0.2) is 13.7 Å². The second-order valence-corrected chi connectivity index (χ2v) is 6.18. The van der Waals surface area contributed by atoms with E-state index in [0.717, 1.165) is 33.8 Å². The molecule has 2 aromatic rings. The Labute approximate surface area is 139 Å². The molecule has 2 aromatic carbocycles. The van der Waals surface area contributed by atoms with Gasteiger partial charge in [0, 0.05) is 21.1 Å². The molecule has 0 radical (unpaired) electrons. The van der Waals surface area contributed by atoms with Crippen LogP contribution >= 0.6 is 27.5 Å². The summed E-state index contributed by atoms with van der Waals surface area (Å²) in [5.74, 6) is 0.861. The van der Waals surface area contributed by atoms with Crippen molar-refractivity contribution in [2.45, 2.75) is 19.4 Å². The summed E-state index contributed by atoms with van der Waals surface area (Å²) < 4.78 is 6.57. The average molecular weight is 369 g/mol. The maximum atomic E-state index is 6.16. The van der Waals surface area contributed by atoms with Gasteiger partial charge in [-0.15, -0.1) is 0 Å². The van der Waals surface area contributed by atoms with Crippen LogP contribution in [0, 0.1) is 0 Å². The van der Waals surface area contributed by atoms with Gasteiger partial charge in [-0.2, -0.15) is 0 Å². The van der Waals surface area contributed by atoms with Crippen LogP contribution in [0.1, 0.15) is 24.1 Å². The summed E-state index contributed by atoms with van der Waals surface area (Å²) in [5, 5.41) is 4.24. The molecule has 1 N–H and O–H groups in total. The lowest BCUT2D eigenvalue weighted by Gasteiger charge is -2.21. The Kier molecular flexibility index (Phi) is 6.09. The number of methoxy groups -OCH3 is 1. The van der Waals surface area contributed by atoms with Gasteiger partial charge >= 0.3 is 0 Å². The fourth-order valence-corrected chi connectivity index (χ4v) is 3.04. The summed E-state index contributed by atoms with van der Waals surface area (Å²) in [6.07, 6.45) is 0.879. The number of ether oxygens (including phenoxy) is 1. The molecule has 0 aliphatic carbocycles. The van der Waals surface area contributed by atoms with Crippen LogP contribution in [0.3, 0.4) is 0 Å². The van der Waals surface area contributed by atoms with E-state index in [1.54, 1.807) is 7.11 Å². The molecule has 1 unspecified atom stereocenters. The van der Waals surface area contributed by atoms with E-state index in [2.05, 4.69) is 46.4 Å². The Morgan fingerprint density at radius 1 is 1.24 bits per heavy atom. The minimum atomic E-state index is 0.165. The Bertz CT molecular complexity index is 603. The van der Waals surface area contributed by atoms with E-state index in [1.807, 2.05) is 24.3 Å². The molecule has 2 nitrogen and oxygen atoms in total. The van der Waals surface area contributed by atoms with Crippen molar-refractivity contribution in [3.63, 3.8) is 0 Å². The van der Waals surface area contributed by atoms with Crippen LogP contribution in [0.2, 0.25) is 5.02 Å². The van der Waals surface area contributed by atoms with Gasteiger partial charge in [-0.3, -0.25) is 0 Å². The van der Waals surface area contributed by atoms with Crippen LogP contribution in [0.5, 0.6) is 5.75 Å². The highest BCUT2D eigenvalue weighted by atomic mass is 79.9. The third-order valence-corrected chi connectivity index (χ3v) is 4.07. The molecule has 0 aliphatic heterocycles. The quantitative estimate of drug-likeness (QED) is 0.774. The molecule has 112 valence electrons. The first-order chi connectivity index (χ1) is 10.1. The van der Waals surface area contributed by atoms with Crippen molar-refractivity contribution < 1.29 is 4.74 Å². The average Bonchev–Trinajstić information content (AvgIpc) is 2.47. The van der Waals surface area contributed by atoms with Crippen molar-refractivity contribution in [2.75, 3.05) is 13.7 Å². The zero-order valence-corrected chi connectivity index (χ0v) is 14.5. The van der Waals surface area contributed by atoms with Crippen LogP contribution in [-0.2, 0) is 6.42 Å². The third kappa shape index (κ3) is 4.47. The number of hydrogen-bond donors (Lipinski definition) is 1. The predicted molar refractivity (Wildman–Crippen MR) is 92.3 cm³/mol. The van der Waals surface area contributed by atoms with E-state index in [0.29, 0.717) is 0 Å². The van der Waals surface area contributed by atoms with Gasteiger partial charge in [0.05, 0.1) is 7.11 Å². The molecule has 21 heavy (non-hydrogen) atoms. The molecule has 0 amide bonds. The highest BCUT2D eigenvalue weighted by molar-refractivity contribution is 9.10. The molecule has 0 fully saturated rings. The second kappa shape index (κ2) is 7.83. The summed E-state index contributed by atoms with van der Waals surface area (Å²) in [6.45, 7) is 2.99. The monoisotopic (exact) mass is 367 g/mol. The van der Waals surface area contributed by atoms with Crippen LogP contribution < -0.4 is 10.1 Å². The molecule has 2 rings (SSSR count). The van der Waals surface area contributed by atoms with Crippen molar-refractivity contribution in [1.29, 1.82) is 0 Å². The first-order valence-corrected chi connectivity index (χ1v) is 8.12. The van der Waals surface area contributed by atoms with E-state index in [1.165, 1.54) is 5.56 Å². The van der Waals surface area contributed by atoms with Gasteiger partial charge < -0.3 is 10.1 Å². The van der Waals surface area contributed by atoms with Crippen molar-refractivity contribution >= 4 is 27.5 Å². The maximum Gasteiger partial charge on any atom is 0.123 e. The van der Waals surface area contributed by atoms with Gasteiger partial charge in [-0.25, -0.2) is 0 Å². The minimum absolute atomic E-state index is 0.165. The SMILES string of the molecule is CCNC(Cc1cccc(Br)c1)c1cc(Cl)ccc1OC. The molecule has 0 saturated heterocycles.